The predicted octanol–water partition coefficient (Wildman–Crippen LogP) is 1.48. The molecule has 1 aliphatic carbocycles. The maximum atomic E-state index is 12.5. The molecule has 0 bridgehead atoms. The Morgan fingerprint density at radius 1 is 1.21 bits per heavy atom. The van der Waals surface area contributed by atoms with E-state index in [4.69, 9.17) is 0 Å². The summed E-state index contributed by atoms with van der Waals surface area (Å²) in [4.78, 5) is 26.0. The first-order chi connectivity index (χ1) is 9.16. The second-order valence-corrected chi connectivity index (χ2v) is 5.44. The van der Waals surface area contributed by atoms with Gasteiger partial charge in [-0.1, -0.05) is 30.3 Å². The molecule has 4 nitrogen and oxygen atoms in total. The molecule has 1 saturated carbocycles. The number of carbonyl (C=O) groups is 2. The lowest BCUT2D eigenvalue weighted by molar-refractivity contribution is -0.147. The molecule has 1 saturated heterocycles. The van der Waals surface area contributed by atoms with Gasteiger partial charge in [-0.3, -0.25) is 9.59 Å². The molecular formula is C15H18N2O2. The van der Waals surface area contributed by atoms with Crippen molar-refractivity contribution in [1.82, 2.24) is 10.2 Å². The average molecular weight is 258 g/mol. The standard InChI is InChI=1S/C15H18N2O2/c1-10(11-5-3-2-4-6-11)17-9-13(18)16-14(15(17)19)12-7-8-12/h2-6,10,12,14H,7-9H2,1H3,(H,16,18). The quantitative estimate of drug-likeness (QED) is 0.893. The Morgan fingerprint density at radius 2 is 1.89 bits per heavy atom. The van der Waals surface area contributed by atoms with E-state index < -0.39 is 0 Å². The summed E-state index contributed by atoms with van der Waals surface area (Å²) in [7, 11) is 0. The largest absolute Gasteiger partial charge is 0.342 e. The van der Waals surface area contributed by atoms with E-state index in [9.17, 15) is 9.59 Å². The fourth-order valence-electron chi connectivity index (χ4n) is 2.68. The van der Waals surface area contributed by atoms with Gasteiger partial charge in [0.25, 0.3) is 0 Å². The molecule has 0 radical (unpaired) electrons. The number of nitrogens with one attached hydrogen (secondary N) is 1. The van der Waals surface area contributed by atoms with E-state index in [0.29, 0.717) is 5.92 Å². The monoisotopic (exact) mass is 258 g/mol. The molecule has 4 heteroatoms. The lowest BCUT2D eigenvalue weighted by atomic mass is 10.0. The van der Waals surface area contributed by atoms with E-state index in [2.05, 4.69) is 5.32 Å². The molecule has 2 amide bonds. The summed E-state index contributed by atoms with van der Waals surface area (Å²) in [5.74, 6) is 0.375. The van der Waals surface area contributed by atoms with Crippen molar-refractivity contribution in [2.75, 3.05) is 6.54 Å². The van der Waals surface area contributed by atoms with Crippen LogP contribution in [0.4, 0.5) is 0 Å². The van der Waals surface area contributed by atoms with Gasteiger partial charge in [0.05, 0.1) is 6.04 Å². The summed E-state index contributed by atoms with van der Waals surface area (Å²) in [5.41, 5.74) is 1.07. The number of piperazine rings is 1. The number of carbonyl (C=O) groups excluding carboxylic acids is 2. The maximum Gasteiger partial charge on any atom is 0.246 e. The zero-order valence-corrected chi connectivity index (χ0v) is 11.0. The predicted molar refractivity (Wildman–Crippen MR) is 71.2 cm³/mol. The van der Waals surface area contributed by atoms with Crippen LogP contribution in [0, 0.1) is 5.92 Å². The molecule has 2 aliphatic rings. The SMILES string of the molecule is CC(c1ccccc1)N1CC(=O)NC(C2CC2)C1=O. The van der Waals surface area contributed by atoms with E-state index in [1.165, 1.54) is 0 Å². The third-order valence-electron chi connectivity index (χ3n) is 4.02. The molecule has 100 valence electrons. The lowest BCUT2D eigenvalue weighted by Gasteiger charge is -2.36. The Kier molecular flexibility index (Phi) is 3.01. The first-order valence-corrected chi connectivity index (χ1v) is 6.81. The van der Waals surface area contributed by atoms with Gasteiger partial charge in [-0.15, -0.1) is 0 Å². The molecule has 1 N–H and O–H groups in total. The molecule has 2 atom stereocenters. The zero-order valence-electron chi connectivity index (χ0n) is 11.0. The van der Waals surface area contributed by atoms with Crippen LogP contribution in [0.1, 0.15) is 31.4 Å². The highest BCUT2D eigenvalue weighted by Crippen LogP contribution is 2.35. The minimum Gasteiger partial charge on any atom is -0.342 e. The van der Waals surface area contributed by atoms with Gasteiger partial charge in [-0.05, 0) is 31.2 Å². The van der Waals surface area contributed by atoms with Crippen LogP contribution in [0.3, 0.4) is 0 Å². The minimum absolute atomic E-state index is 0.0423. The number of hydrogen-bond acceptors (Lipinski definition) is 2. The summed E-state index contributed by atoms with van der Waals surface area (Å²) in [6.07, 6.45) is 2.09. The van der Waals surface area contributed by atoms with E-state index in [0.717, 1.165) is 18.4 Å². The van der Waals surface area contributed by atoms with Crippen LogP contribution in [0.25, 0.3) is 0 Å². The van der Waals surface area contributed by atoms with Crippen molar-refractivity contribution in [1.29, 1.82) is 0 Å². The molecule has 0 aromatic heterocycles. The molecule has 2 unspecified atom stereocenters. The van der Waals surface area contributed by atoms with Crippen molar-refractivity contribution in [2.45, 2.75) is 31.8 Å². The smallest absolute Gasteiger partial charge is 0.246 e. The second-order valence-electron chi connectivity index (χ2n) is 5.44. The third-order valence-corrected chi connectivity index (χ3v) is 4.02. The highest BCUT2D eigenvalue weighted by molar-refractivity contribution is 5.95. The van der Waals surface area contributed by atoms with Gasteiger partial charge in [0.1, 0.15) is 12.6 Å². The van der Waals surface area contributed by atoms with E-state index in [1.807, 2.05) is 37.3 Å². The number of benzene rings is 1. The van der Waals surface area contributed by atoms with Crippen molar-refractivity contribution in [3.8, 4) is 0 Å². The normalized spacial score (nSPS) is 25.1. The number of nitrogens with zero attached hydrogens (tertiary/aromatic N) is 1. The highest BCUT2D eigenvalue weighted by Gasteiger charge is 2.43. The number of rotatable bonds is 3. The van der Waals surface area contributed by atoms with Crippen molar-refractivity contribution in [2.24, 2.45) is 5.92 Å². The van der Waals surface area contributed by atoms with Crippen LogP contribution >= 0.6 is 0 Å². The fourth-order valence-corrected chi connectivity index (χ4v) is 2.68. The molecule has 1 heterocycles. The van der Waals surface area contributed by atoms with Gasteiger partial charge in [0.2, 0.25) is 11.8 Å². The number of hydrogen-bond donors (Lipinski definition) is 1. The van der Waals surface area contributed by atoms with Crippen LogP contribution in [0.2, 0.25) is 0 Å². The Balaban J connectivity index is 1.82. The highest BCUT2D eigenvalue weighted by atomic mass is 16.2. The molecular weight excluding hydrogens is 240 g/mol. The van der Waals surface area contributed by atoms with Crippen molar-refractivity contribution in [3.05, 3.63) is 35.9 Å². The Hall–Kier alpha value is -1.84. The summed E-state index contributed by atoms with van der Waals surface area (Å²) in [5, 5.41) is 2.83. The van der Waals surface area contributed by atoms with Crippen LogP contribution < -0.4 is 5.32 Å². The van der Waals surface area contributed by atoms with Crippen LogP contribution in [0.5, 0.6) is 0 Å². The lowest BCUT2D eigenvalue weighted by Crippen LogP contribution is -2.59. The zero-order chi connectivity index (χ0) is 13.4. The van der Waals surface area contributed by atoms with Crippen molar-refractivity contribution >= 4 is 11.8 Å². The van der Waals surface area contributed by atoms with Crippen LogP contribution in [0.15, 0.2) is 30.3 Å². The summed E-state index contributed by atoms with van der Waals surface area (Å²) in [6.45, 7) is 2.15. The Labute approximate surface area is 112 Å². The second kappa shape index (κ2) is 4.68. The van der Waals surface area contributed by atoms with Gasteiger partial charge in [0, 0.05) is 0 Å². The summed E-state index contributed by atoms with van der Waals surface area (Å²) in [6, 6.07) is 9.51. The summed E-state index contributed by atoms with van der Waals surface area (Å²) >= 11 is 0. The Morgan fingerprint density at radius 3 is 2.53 bits per heavy atom. The molecule has 1 aromatic rings. The van der Waals surface area contributed by atoms with Crippen molar-refractivity contribution in [3.63, 3.8) is 0 Å². The molecule has 0 spiro atoms. The van der Waals surface area contributed by atoms with E-state index in [-0.39, 0.29) is 30.4 Å². The average Bonchev–Trinajstić information content (AvgIpc) is 3.25. The van der Waals surface area contributed by atoms with E-state index >= 15 is 0 Å². The van der Waals surface area contributed by atoms with Gasteiger partial charge in [-0.25, -0.2) is 0 Å². The first kappa shape index (κ1) is 12.2. The van der Waals surface area contributed by atoms with Gasteiger partial charge in [0.15, 0.2) is 0 Å². The van der Waals surface area contributed by atoms with Gasteiger partial charge in [-0.2, -0.15) is 0 Å². The molecule has 2 fully saturated rings. The molecule has 19 heavy (non-hydrogen) atoms. The Bertz CT molecular complexity index is 496. The minimum atomic E-state index is -0.299. The van der Waals surface area contributed by atoms with E-state index in [1.54, 1.807) is 4.90 Å². The molecule has 1 aliphatic heterocycles. The third kappa shape index (κ3) is 2.35. The van der Waals surface area contributed by atoms with Crippen LogP contribution in [-0.4, -0.2) is 29.3 Å². The van der Waals surface area contributed by atoms with Crippen molar-refractivity contribution < 1.29 is 9.59 Å². The van der Waals surface area contributed by atoms with Crippen LogP contribution in [-0.2, 0) is 9.59 Å². The topological polar surface area (TPSA) is 49.4 Å². The van der Waals surface area contributed by atoms with Gasteiger partial charge >= 0.3 is 0 Å². The first-order valence-electron chi connectivity index (χ1n) is 6.81. The maximum absolute atomic E-state index is 12.5. The van der Waals surface area contributed by atoms with Gasteiger partial charge < -0.3 is 10.2 Å². The summed E-state index contributed by atoms with van der Waals surface area (Å²) < 4.78 is 0. The molecule has 1 aromatic carbocycles. The molecule has 3 rings (SSSR count). The number of amides is 2. The fraction of sp³-hybridized carbons (Fsp3) is 0.467.